The third-order valence-corrected chi connectivity index (χ3v) is 8.38. The number of anilines is 1. The fourth-order valence-electron chi connectivity index (χ4n) is 3.83. The van der Waals surface area contributed by atoms with Crippen LogP contribution >= 0.6 is 11.8 Å². The molecule has 176 valence electrons. The van der Waals surface area contributed by atoms with E-state index >= 15 is 0 Å². The summed E-state index contributed by atoms with van der Waals surface area (Å²) in [5.41, 5.74) is 1.07. The zero-order valence-electron chi connectivity index (χ0n) is 17.3. The summed E-state index contributed by atoms with van der Waals surface area (Å²) in [5, 5.41) is -0.0248. The molecule has 0 unspecified atom stereocenters. The van der Waals surface area contributed by atoms with Crippen LogP contribution < -0.4 is 14.4 Å². The zero-order chi connectivity index (χ0) is 23.8. The fraction of sp³-hybridized carbons (Fsp3) is 0.333. The van der Waals surface area contributed by atoms with Gasteiger partial charge in [-0.15, -0.1) is 13.2 Å². The number of thioether (sulfide) groups is 1. The van der Waals surface area contributed by atoms with E-state index in [2.05, 4.69) is 9.73 Å². The molecule has 0 saturated carbocycles. The van der Waals surface area contributed by atoms with E-state index in [0.29, 0.717) is 22.2 Å². The second kappa shape index (κ2) is 8.90. The van der Waals surface area contributed by atoms with Gasteiger partial charge in [0.1, 0.15) is 11.5 Å². The number of alkyl halides is 3. The van der Waals surface area contributed by atoms with E-state index in [4.69, 9.17) is 4.74 Å². The molecule has 2 fully saturated rings. The summed E-state index contributed by atoms with van der Waals surface area (Å²) in [6.07, 6.45) is -4.85. The van der Waals surface area contributed by atoms with Crippen LogP contribution in [0.2, 0.25) is 0 Å². The summed E-state index contributed by atoms with van der Waals surface area (Å²) in [6.45, 7) is 0. The average Bonchev–Trinajstić information content (AvgIpc) is 3.18. The number of amides is 1. The second-order valence-electron chi connectivity index (χ2n) is 7.49. The normalized spacial score (nSPS) is 22.9. The topological polar surface area (TPSA) is 85.3 Å². The van der Waals surface area contributed by atoms with Gasteiger partial charge in [0.25, 0.3) is 5.91 Å². The molecule has 2 aliphatic heterocycles. The van der Waals surface area contributed by atoms with Crippen molar-refractivity contribution in [2.45, 2.75) is 24.1 Å². The van der Waals surface area contributed by atoms with Crippen LogP contribution in [0.1, 0.15) is 5.56 Å². The van der Waals surface area contributed by atoms with E-state index in [0.717, 1.165) is 12.1 Å². The minimum Gasteiger partial charge on any atom is -0.496 e. The molecule has 33 heavy (non-hydrogen) atoms. The van der Waals surface area contributed by atoms with Gasteiger partial charge in [0.15, 0.2) is 15.0 Å². The number of ether oxygens (including phenoxy) is 2. The van der Waals surface area contributed by atoms with E-state index in [1.807, 2.05) is 0 Å². The number of hydrogen-bond acceptors (Lipinski definition) is 6. The molecule has 0 spiro atoms. The van der Waals surface area contributed by atoms with Crippen molar-refractivity contribution in [2.24, 2.45) is 4.99 Å². The van der Waals surface area contributed by atoms with Crippen LogP contribution in [-0.2, 0) is 21.1 Å². The average molecular weight is 501 g/mol. The Kier molecular flexibility index (Phi) is 6.32. The van der Waals surface area contributed by atoms with Crippen LogP contribution in [-0.4, -0.2) is 55.8 Å². The number of nitrogens with zero attached hydrogens (tertiary/aromatic N) is 2. The smallest absolute Gasteiger partial charge is 0.496 e. The monoisotopic (exact) mass is 500 g/mol. The first-order valence-corrected chi connectivity index (χ1v) is 12.5. The highest BCUT2D eigenvalue weighted by molar-refractivity contribution is 8.16. The zero-order valence-corrected chi connectivity index (χ0v) is 18.9. The van der Waals surface area contributed by atoms with Crippen molar-refractivity contribution >= 4 is 38.4 Å². The van der Waals surface area contributed by atoms with E-state index in [-0.39, 0.29) is 23.2 Å². The maximum atomic E-state index is 12.7. The standard InChI is InChI=1S/C21H19F3N2O5S2/c1-30-17-5-3-2-4-13(17)10-19(27)25-20-26(16-11-33(28,29)12-18(16)32-20)14-6-8-15(9-7-14)31-21(22,23)24/h2-9,16,18H,10-12H2,1H3/t16-,18-/m1/s1. The number of sulfone groups is 1. The van der Waals surface area contributed by atoms with Gasteiger partial charge < -0.3 is 14.4 Å². The van der Waals surface area contributed by atoms with Gasteiger partial charge in [-0.3, -0.25) is 4.79 Å². The van der Waals surface area contributed by atoms with E-state index in [1.165, 1.54) is 31.0 Å². The summed E-state index contributed by atoms with van der Waals surface area (Å²) in [4.78, 5) is 18.6. The lowest BCUT2D eigenvalue weighted by Crippen LogP contribution is -2.37. The largest absolute Gasteiger partial charge is 0.573 e. The first-order valence-electron chi connectivity index (χ1n) is 9.80. The van der Waals surface area contributed by atoms with Crippen molar-refractivity contribution in [1.82, 2.24) is 0 Å². The highest BCUT2D eigenvalue weighted by Gasteiger charge is 2.49. The lowest BCUT2D eigenvalue weighted by atomic mass is 10.1. The van der Waals surface area contributed by atoms with Crippen molar-refractivity contribution in [1.29, 1.82) is 0 Å². The van der Waals surface area contributed by atoms with Gasteiger partial charge in [-0.2, -0.15) is 4.99 Å². The summed E-state index contributed by atoms with van der Waals surface area (Å²) < 4.78 is 70.9. The number of methoxy groups -OCH3 is 1. The van der Waals surface area contributed by atoms with Crippen LogP contribution in [0, 0.1) is 0 Å². The summed E-state index contributed by atoms with van der Waals surface area (Å²) in [7, 11) is -1.78. The lowest BCUT2D eigenvalue weighted by Gasteiger charge is -2.24. The minimum absolute atomic E-state index is 0.0199. The molecule has 2 heterocycles. The summed E-state index contributed by atoms with van der Waals surface area (Å²) in [5.74, 6) is -0.504. The Morgan fingerprint density at radius 1 is 1.15 bits per heavy atom. The van der Waals surface area contributed by atoms with Crippen molar-refractivity contribution < 1.29 is 35.9 Å². The molecule has 12 heteroatoms. The molecular formula is C21H19F3N2O5S2. The molecule has 1 amide bonds. The number of carbonyl (C=O) groups is 1. The van der Waals surface area contributed by atoms with Crippen LogP contribution in [0.4, 0.5) is 18.9 Å². The lowest BCUT2D eigenvalue weighted by molar-refractivity contribution is -0.274. The van der Waals surface area contributed by atoms with Crippen molar-refractivity contribution in [3.8, 4) is 11.5 Å². The van der Waals surface area contributed by atoms with Crippen molar-refractivity contribution in [3.05, 3.63) is 54.1 Å². The van der Waals surface area contributed by atoms with Gasteiger partial charge in [-0.25, -0.2) is 8.42 Å². The Balaban J connectivity index is 1.62. The molecule has 0 N–H and O–H groups in total. The first kappa shape index (κ1) is 23.4. The molecule has 0 aromatic heterocycles. The fourth-order valence-corrected chi connectivity index (χ4v) is 7.76. The Hall–Kier alpha value is -2.73. The van der Waals surface area contributed by atoms with Crippen LogP contribution in [0.3, 0.4) is 0 Å². The maximum absolute atomic E-state index is 12.7. The Labute approximate surface area is 192 Å². The third-order valence-electron chi connectivity index (χ3n) is 5.17. The molecule has 0 radical (unpaired) electrons. The van der Waals surface area contributed by atoms with Crippen LogP contribution in [0.15, 0.2) is 53.5 Å². The second-order valence-corrected chi connectivity index (χ2v) is 10.8. The van der Waals surface area contributed by atoms with E-state index in [1.54, 1.807) is 29.2 Å². The number of carbonyl (C=O) groups excluding carboxylic acids is 1. The van der Waals surface area contributed by atoms with Gasteiger partial charge in [0.05, 0.1) is 31.1 Å². The van der Waals surface area contributed by atoms with Gasteiger partial charge in [0.2, 0.25) is 0 Å². The Morgan fingerprint density at radius 2 is 1.85 bits per heavy atom. The van der Waals surface area contributed by atoms with Gasteiger partial charge >= 0.3 is 6.36 Å². The van der Waals surface area contributed by atoms with Gasteiger partial charge in [-0.05, 0) is 30.3 Å². The van der Waals surface area contributed by atoms with Crippen LogP contribution in [0.5, 0.6) is 11.5 Å². The number of hydrogen-bond donors (Lipinski definition) is 0. The molecule has 2 aromatic rings. The summed E-state index contributed by atoms with van der Waals surface area (Å²) in [6, 6.07) is 11.6. The molecule has 2 aromatic carbocycles. The number of amidine groups is 1. The predicted molar refractivity (Wildman–Crippen MR) is 119 cm³/mol. The Bertz CT molecular complexity index is 1180. The highest BCUT2D eigenvalue weighted by atomic mass is 32.2. The maximum Gasteiger partial charge on any atom is 0.573 e. The number of para-hydroxylation sites is 1. The van der Waals surface area contributed by atoms with Gasteiger partial charge in [-0.1, -0.05) is 30.0 Å². The molecule has 2 saturated heterocycles. The van der Waals surface area contributed by atoms with Crippen molar-refractivity contribution in [2.75, 3.05) is 23.5 Å². The number of aliphatic imine (C=N–C) groups is 1. The number of rotatable bonds is 5. The SMILES string of the molecule is COc1ccccc1CC(=O)N=C1S[C@@H]2CS(=O)(=O)C[C@H]2N1c1ccc(OC(F)(F)F)cc1. The van der Waals surface area contributed by atoms with Crippen molar-refractivity contribution in [3.63, 3.8) is 0 Å². The van der Waals surface area contributed by atoms with E-state index < -0.39 is 33.9 Å². The molecule has 0 aliphatic carbocycles. The minimum atomic E-state index is -4.83. The Morgan fingerprint density at radius 3 is 2.52 bits per heavy atom. The van der Waals surface area contributed by atoms with E-state index in [9.17, 15) is 26.4 Å². The first-order chi connectivity index (χ1) is 15.5. The number of fused-ring (bicyclic) bond motifs is 1. The molecule has 2 aliphatic rings. The molecule has 7 nitrogen and oxygen atoms in total. The third kappa shape index (κ3) is 5.44. The highest BCUT2D eigenvalue weighted by Crippen LogP contribution is 2.41. The molecule has 0 bridgehead atoms. The van der Waals surface area contributed by atoms with Crippen LogP contribution in [0.25, 0.3) is 0 Å². The molecule has 2 atom stereocenters. The predicted octanol–water partition coefficient (Wildman–Crippen LogP) is 3.44. The molecule has 4 rings (SSSR count). The summed E-state index contributed by atoms with van der Waals surface area (Å²) >= 11 is 1.18. The van der Waals surface area contributed by atoms with Gasteiger partial charge in [0, 0.05) is 16.5 Å². The quantitative estimate of drug-likeness (QED) is 0.622. The molecular weight excluding hydrogens is 481 g/mol. The number of benzene rings is 2. The number of halogens is 3.